The van der Waals surface area contributed by atoms with E-state index in [-0.39, 0.29) is 5.60 Å². The van der Waals surface area contributed by atoms with Crippen LogP contribution >= 0.6 is 0 Å². The SMILES string of the molecule is CCNC(C)c1cccnc1N1CCCC(C)(OC)C1. The van der Waals surface area contributed by atoms with Gasteiger partial charge < -0.3 is 15.0 Å². The number of piperidine rings is 1. The first kappa shape index (κ1) is 15.3. The maximum absolute atomic E-state index is 5.69. The molecule has 1 fully saturated rings. The Balaban J connectivity index is 2.23. The van der Waals surface area contributed by atoms with E-state index in [0.717, 1.165) is 38.3 Å². The molecule has 0 bridgehead atoms. The van der Waals surface area contributed by atoms with Gasteiger partial charge in [-0.1, -0.05) is 13.0 Å². The van der Waals surface area contributed by atoms with E-state index < -0.39 is 0 Å². The standard InChI is InChI=1S/C16H27N3O/c1-5-17-13(2)14-8-6-10-18-15(14)19-11-7-9-16(3,12-19)20-4/h6,8,10,13,17H,5,7,9,11-12H2,1-4H3. The zero-order chi connectivity index (χ0) is 14.6. The Morgan fingerprint density at radius 3 is 3.05 bits per heavy atom. The first-order chi connectivity index (χ1) is 9.59. The van der Waals surface area contributed by atoms with Gasteiger partial charge in [0.2, 0.25) is 0 Å². The van der Waals surface area contributed by atoms with Crippen LogP contribution in [-0.4, -0.2) is 37.3 Å². The summed E-state index contributed by atoms with van der Waals surface area (Å²) in [5.41, 5.74) is 1.21. The van der Waals surface area contributed by atoms with Crippen molar-refractivity contribution in [3.8, 4) is 0 Å². The van der Waals surface area contributed by atoms with Gasteiger partial charge in [0.15, 0.2) is 0 Å². The third kappa shape index (κ3) is 3.30. The summed E-state index contributed by atoms with van der Waals surface area (Å²) >= 11 is 0. The lowest BCUT2D eigenvalue weighted by molar-refractivity contribution is -0.00486. The second-order valence-electron chi connectivity index (χ2n) is 5.87. The molecule has 0 spiro atoms. The van der Waals surface area contributed by atoms with Gasteiger partial charge in [-0.3, -0.25) is 0 Å². The Hall–Kier alpha value is -1.13. The highest BCUT2D eigenvalue weighted by Crippen LogP contribution is 2.30. The number of hydrogen-bond acceptors (Lipinski definition) is 4. The minimum atomic E-state index is -0.0610. The lowest BCUT2D eigenvalue weighted by atomic mass is 9.94. The Kier molecular flexibility index (Phi) is 5.00. The molecule has 0 saturated carbocycles. The van der Waals surface area contributed by atoms with Crippen LogP contribution < -0.4 is 10.2 Å². The lowest BCUT2D eigenvalue weighted by Crippen LogP contribution is -2.48. The second-order valence-corrected chi connectivity index (χ2v) is 5.87. The van der Waals surface area contributed by atoms with E-state index in [9.17, 15) is 0 Å². The molecule has 0 aromatic carbocycles. The monoisotopic (exact) mass is 277 g/mol. The lowest BCUT2D eigenvalue weighted by Gasteiger charge is -2.41. The van der Waals surface area contributed by atoms with E-state index in [1.165, 1.54) is 5.56 Å². The normalized spacial score (nSPS) is 24.7. The Labute approximate surface area is 122 Å². The number of ether oxygens (including phenoxy) is 1. The van der Waals surface area contributed by atoms with Crippen LogP contribution in [0.25, 0.3) is 0 Å². The highest BCUT2D eigenvalue weighted by Gasteiger charge is 2.32. The number of nitrogens with zero attached hydrogens (tertiary/aromatic N) is 2. The molecule has 0 radical (unpaired) electrons. The Morgan fingerprint density at radius 2 is 2.35 bits per heavy atom. The molecule has 20 heavy (non-hydrogen) atoms. The van der Waals surface area contributed by atoms with Gasteiger partial charge in [-0.05, 0) is 39.3 Å². The highest BCUT2D eigenvalue weighted by atomic mass is 16.5. The van der Waals surface area contributed by atoms with Crippen molar-refractivity contribution in [1.29, 1.82) is 0 Å². The first-order valence-electron chi connectivity index (χ1n) is 7.58. The summed E-state index contributed by atoms with van der Waals surface area (Å²) < 4.78 is 5.69. The minimum Gasteiger partial charge on any atom is -0.377 e. The molecule has 1 aliphatic heterocycles. The Bertz CT molecular complexity index is 437. The molecular formula is C16H27N3O. The van der Waals surface area contributed by atoms with E-state index >= 15 is 0 Å². The fourth-order valence-electron chi connectivity index (χ4n) is 2.98. The molecule has 2 heterocycles. The molecule has 2 unspecified atom stereocenters. The molecule has 1 aliphatic rings. The Morgan fingerprint density at radius 1 is 1.55 bits per heavy atom. The van der Waals surface area contributed by atoms with E-state index in [0.29, 0.717) is 6.04 Å². The number of rotatable bonds is 5. The van der Waals surface area contributed by atoms with Crippen LogP contribution in [0.15, 0.2) is 18.3 Å². The highest BCUT2D eigenvalue weighted by molar-refractivity contribution is 5.49. The predicted octanol–water partition coefficient (Wildman–Crippen LogP) is 2.76. The molecule has 1 N–H and O–H groups in total. The smallest absolute Gasteiger partial charge is 0.133 e. The van der Waals surface area contributed by atoms with Crippen LogP contribution in [0.3, 0.4) is 0 Å². The van der Waals surface area contributed by atoms with Crippen molar-refractivity contribution in [2.45, 2.75) is 45.3 Å². The summed E-state index contributed by atoms with van der Waals surface area (Å²) in [6, 6.07) is 4.51. The first-order valence-corrected chi connectivity index (χ1v) is 7.58. The summed E-state index contributed by atoms with van der Waals surface area (Å²) in [6.07, 6.45) is 4.15. The van der Waals surface area contributed by atoms with Crippen molar-refractivity contribution in [2.75, 3.05) is 31.6 Å². The van der Waals surface area contributed by atoms with Crippen LogP contribution in [0.2, 0.25) is 0 Å². The third-order valence-corrected chi connectivity index (χ3v) is 4.24. The van der Waals surface area contributed by atoms with Gasteiger partial charge in [0.1, 0.15) is 5.82 Å². The van der Waals surface area contributed by atoms with Gasteiger partial charge in [-0.2, -0.15) is 0 Å². The molecule has 1 saturated heterocycles. The molecule has 0 aliphatic carbocycles. The summed E-state index contributed by atoms with van der Waals surface area (Å²) in [4.78, 5) is 7.01. The summed E-state index contributed by atoms with van der Waals surface area (Å²) in [5.74, 6) is 1.10. The second kappa shape index (κ2) is 6.55. The quantitative estimate of drug-likeness (QED) is 0.898. The largest absolute Gasteiger partial charge is 0.377 e. The maximum atomic E-state index is 5.69. The molecule has 1 aromatic rings. The van der Waals surface area contributed by atoms with Gasteiger partial charge in [0.05, 0.1) is 5.60 Å². The van der Waals surface area contributed by atoms with Crippen molar-refractivity contribution in [1.82, 2.24) is 10.3 Å². The zero-order valence-electron chi connectivity index (χ0n) is 13.1. The fraction of sp³-hybridized carbons (Fsp3) is 0.688. The molecule has 4 nitrogen and oxygen atoms in total. The molecule has 2 atom stereocenters. The number of aromatic nitrogens is 1. The number of nitrogens with one attached hydrogen (secondary N) is 1. The molecular weight excluding hydrogens is 250 g/mol. The van der Waals surface area contributed by atoms with Crippen LogP contribution in [0.1, 0.15) is 45.2 Å². The van der Waals surface area contributed by atoms with E-state index in [4.69, 9.17) is 4.74 Å². The number of methoxy groups -OCH3 is 1. The summed E-state index contributed by atoms with van der Waals surface area (Å²) in [5, 5.41) is 3.48. The fourth-order valence-corrected chi connectivity index (χ4v) is 2.98. The molecule has 4 heteroatoms. The van der Waals surface area contributed by atoms with Gasteiger partial charge >= 0.3 is 0 Å². The molecule has 1 aromatic heterocycles. The average molecular weight is 277 g/mol. The number of hydrogen-bond donors (Lipinski definition) is 1. The molecule has 112 valence electrons. The van der Waals surface area contributed by atoms with Gasteiger partial charge in [0.25, 0.3) is 0 Å². The van der Waals surface area contributed by atoms with Crippen LogP contribution in [0, 0.1) is 0 Å². The third-order valence-electron chi connectivity index (χ3n) is 4.24. The summed E-state index contributed by atoms with van der Waals surface area (Å²) in [7, 11) is 1.81. The minimum absolute atomic E-state index is 0.0610. The van der Waals surface area contributed by atoms with Crippen molar-refractivity contribution in [3.05, 3.63) is 23.9 Å². The zero-order valence-corrected chi connectivity index (χ0v) is 13.1. The summed E-state index contributed by atoms with van der Waals surface area (Å²) in [6.45, 7) is 9.45. The average Bonchev–Trinajstić information content (AvgIpc) is 2.47. The number of anilines is 1. The van der Waals surface area contributed by atoms with Gasteiger partial charge in [-0.25, -0.2) is 4.98 Å². The van der Waals surface area contributed by atoms with Gasteiger partial charge in [0, 0.05) is 38.0 Å². The molecule has 2 rings (SSSR count). The van der Waals surface area contributed by atoms with Crippen LogP contribution in [0.5, 0.6) is 0 Å². The van der Waals surface area contributed by atoms with Crippen LogP contribution in [0.4, 0.5) is 5.82 Å². The van der Waals surface area contributed by atoms with Crippen molar-refractivity contribution in [2.24, 2.45) is 0 Å². The van der Waals surface area contributed by atoms with Gasteiger partial charge in [-0.15, -0.1) is 0 Å². The maximum Gasteiger partial charge on any atom is 0.133 e. The molecule has 0 amide bonds. The van der Waals surface area contributed by atoms with E-state index in [1.54, 1.807) is 0 Å². The number of pyridine rings is 1. The predicted molar refractivity (Wildman–Crippen MR) is 83.2 cm³/mol. The van der Waals surface area contributed by atoms with Crippen LogP contribution in [-0.2, 0) is 4.74 Å². The topological polar surface area (TPSA) is 37.4 Å². The van der Waals surface area contributed by atoms with Crippen molar-refractivity contribution < 1.29 is 4.74 Å². The van der Waals surface area contributed by atoms with Crippen molar-refractivity contribution >= 4 is 5.82 Å². The van der Waals surface area contributed by atoms with Crippen molar-refractivity contribution in [3.63, 3.8) is 0 Å². The van der Waals surface area contributed by atoms with E-state index in [1.807, 2.05) is 19.4 Å². The van der Waals surface area contributed by atoms with E-state index in [2.05, 4.69) is 42.0 Å².